The number of phosphoric ester groups is 1. The Morgan fingerprint density at radius 2 is 2.00 bits per heavy atom. The molecule has 3 N–H and O–H groups in total. The van der Waals surface area contributed by atoms with Crippen LogP contribution in [0, 0.1) is 0 Å². The standard InChI is InChI=1S/C6H12N3O8P/c7-9-8-1-3(10)5(12)6(13)4(11)2-17-18(14,15)16/h3,5-6,10,12-13H,1-2H2,(H2,14,15,16)/p-2/t3?,5-,6+/m1/s1. The molecule has 3 atom stereocenters. The molecule has 0 aliphatic carbocycles. The lowest BCUT2D eigenvalue weighted by Gasteiger charge is -2.29. The lowest BCUT2D eigenvalue weighted by Crippen LogP contribution is -2.45. The smallest absolute Gasteiger partial charge is 0.189 e. The van der Waals surface area contributed by atoms with Crippen LogP contribution in [0.1, 0.15) is 0 Å². The number of azide groups is 1. The summed E-state index contributed by atoms with van der Waals surface area (Å²) in [5.41, 5.74) is 7.93. The quantitative estimate of drug-likeness (QED) is 0.179. The molecule has 0 saturated heterocycles. The van der Waals surface area contributed by atoms with Crippen molar-refractivity contribution in [2.45, 2.75) is 18.3 Å². The Bertz CT molecular complexity index is 377. The second kappa shape index (κ2) is 7.41. The molecule has 0 bridgehead atoms. The number of nitrogens with zero attached hydrogens (tertiary/aromatic N) is 3. The van der Waals surface area contributed by atoms with Gasteiger partial charge in [-0.15, -0.1) is 0 Å². The van der Waals surface area contributed by atoms with E-state index in [-0.39, 0.29) is 0 Å². The first-order valence-electron chi connectivity index (χ1n) is 4.43. The van der Waals surface area contributed by atoms with E-state index in [0.29, 0.717) is 0 Å². The van der Waals surface area contributed by atoms with E-state index in [0.717, 1.165) is 0 Å². The Balaban J connectivity index is 4.35. The summed E-state index contributed by atoms with van der Waals surface area (Å²) in [5, 5.41) is 30.5. The second-order valence-electron chi connectivity index (χ2n) is 3.10. The Kier molecular flexibility index (Phi) is 6.99. The van der Waals surface area contributed by atoms with Crippen LogP contribution in [-0.2, 0) is 13.9 Å². The van der Waals surface area contributed by atoms with Crippen LogP contribution in [-0.4, -0.2) is 52.6 Å². The molecule has 0 aromatic rings. The fourth-order valence-electron chi connectivity index (χ4n) is 0.857. The number of ketones is 1. The molecule has 0 aliphatic rings. The highest BCUT2D eigenvalue weighted by Crippen LogP contribution is 2.24. The molecule has 0 aliphatic heterocycles. The maximum Gasteiger partial charge on any atom is 0.189 e. The van der Waals surface area contributed by atoms with Gasteiger partial charge >= 0.3 is 0 Å². The van der Waals surface area contributed by atoms with Crippen LogP contribution >= 0.6 is 7.82 Å². The minimum absolute atomic E-state index is 0.607. The second-order valence-corrected chi connectivity index (χ2v) is 4.26. The maximum atomic E-state index is 11.1. The Morgan fingerprint density at radius 1 is 1.44 bits per heavy atom. The van der Waals surface area contributed by atoms with Crippen molar-refractivity contribution in [2.75, 3.05) is 13.2 Å². The number of rotatable bonds is 8. The largest absolute Gasteiger partial charge is 0.790 e. The summed E-state index contributed by atoms with van der Waals surface area (Å²) in [5.74, 6) is -1.32. The summed E-state index contributed by atoms with van der Waals surface area (Å²) < 4.78 is 13.6. The number of carbonyl (C=O) groups is 1. The van der Waals surface area contributed by atoms with Crippen LogP contribution in [0.3, 0.4) is 0 Å². The van der Waals surface area contributed by atoms with Gasteiger partial charge in [0, 0.05) is 4.91 Å². The van der Waals surface area contributed by atoms with Crippen molar-refractivity contribution in [2.24, 2.45) is 5.11 Å². The van der Waals surface area contributed by atoms with Crippen LogP contribution in [0.5, 0.6) is 0 Å². The average Bonchev–Trinajstić information content (AvgIpc) is 2.29. The molecule has 0 saturated carbocycles. The molecule has 1 unspecified atom stereocenters. The molecule has 0 radical (unpaired) electrons. The van der Waals surface area contributed by atoms with Gasteiger partial charge in [0.05, 0.1) is 20.5 Å². The number of hydrogen-bond acceptors (Lipinski definition) is 9. The Morgan fingerprint density at radius 3 is 2.44 bits per heavy atom. The lowest BCUT2D eigenvalue weighted by atomic mass is 10.1. The van der Waals surface area contributed by atoms with Gasteiger partial charge in [-0.2, -0.15) is 0 Å². The van der Waals surface area contributed by atoms with Crippen molar-refractivity contribution in [3.05, 3.63) is 10.4 Å². The van der Waals surface area contributed by atoms with Crippen LogP contribution in [0.25, 0.3) is 10.4 Å². The summed E-state index contributed by atoms with van der Waals surface area (Å²) in [6.45, 7) is -1.87. The van der Waals surface area contributed by atoms with Gasteiger partial charge in [-0.3, -0.25) is 4.79 Å². The molecule has 104 valence electrons. The van der Waals surface area contributed by atoms with E-state index in [9.17, 15) is 29.4 Å². The molecule has 0 fully saturated rings. The molecular weight excluding hydrogens is 273 g/mol. The molecular formula is C6H10N3O8P-2. The van der Waals surface area contributed by atoms with E-state index >= 15 is 0 Å². The van der Waals surface area contributed by atoms with Crippen LogP contribution in [0.2, 0.25) is 0 Å². The predicted octanol–water partition coefficient (Wildman–Crippen LogP) is -3.21. The first kappa shape index (κ1) is 17.0. The third-order valence-electron chi connectivity index (χ3n) is 1.74. The van der Waals surface area contributed by atoms with Gasteiger partial charge in [-0.05, 0) is 5.53 Å². The first-order valence-corrected chi connectivity index (χ1v) is 5.89. The van der Waals surface area contributed by atoms with E-state index < -0.39 is 45.1 Å². The summed E-state index contributed by atoms with van der Waals surface area (Å²) in [7, 11) is -5.37. The van der Waals surface area contributed by atoms with E-state index in [4.69, 9.17) is 10.6 Å². The van der Waals surface area contributed by atoms with Gasteiger partial charge in [0.2, 0.25) is 0 Å². The van der Waals surface area contributed by atoms with Gasteiger partial charge in [-0.1, -0.05) is 5.11 Å². The molecule has 0 heterocycles. The van der Waals surface area contributed by atoms with Crippen LogP contribution in [0.4, 0.5) is 0 Å². The highest BCUT2D eigenvalue weighted by Gasteiger charge is 2.29. The van der Waals surface area contributed by atoms with Gasteiger partial charge < -0.3 is 34.2 Å². The molecule has 0 rings (SSSR count). The van der Waals surface area contributed by atoms with E-state index in [1.165, 1.54) is 0 Å². The SMILES string of the molecule is [N-]=[N+]=NCC(O)[C@@H](O)[C@@H](O)C(=O)COP(=O)([O-])[O-]. The number of aliphatic hydroxyl groups is 3. The lowest BCUT2D eigenvalue weighted by molar-refractivity contribution is -0.341. The predicted molar refractivity (Wildman–Crippen MR) is 50.6 cm³/mol. The van der Waals surface area contributed by atoms with Crippen LogP contribution < -0.4 is 9.79 Å². The van der Waals surface area contributed by atoms with Crippen molar-refractivity contribution in [3.63, 3.8) is 0 Å². The molecule has 0 amide bonds. The van der Waals surface area contributed by atoms with Gasteiger partial charge in [0.1, 0.15) is 18.8 Å². The van der Waals surface area contributed by atoms with Crippen molar-refractivity contribution in [1.29, 1.82) is 0 Å². The van der Waals surface area contributed by atoms with Gasteiger partial charge in [-0.25, -0.2) is 0 Å². The van der Waals surface area contributed by atoms with Gasteiger partial charge in [0.15, 0.2) is 5.78 Å². The highest BCUT2D eigenvalue weighted by molar-refractivity contribution is 7.43. The van der Waals surface area contributed by atoms with Crippen molar-refractivity contribution < 1.29 is 39.0 Å². The van der Waals surface area contributed by atoms with Crippen LogP contribution in [0.15, 0.2) is 5.11 Å². The number of hydrogen-bond donors (Lipinski definition) is 3. The summed E-state index contributed by atoms with van der Waals surface area (Å²) >= 11 is 0. The fourth-order valence-corrected chi connectivity index (χ4v) is 1.14. The summed E-state index contributed by atoms with van der Waals surface area (Å²) in [6.07, 6.45) is -5.92. The molecule has 18 heavy (non-hydrogen) atoms. The zero-order valence-corrected chi connectivity index (χ0v) is 9.71. The number of phosphoric acid groups is 1. The minimum atomic E-state index is -5.37. The normalized spacial score (nSPS) is 16.5. The molecule has 0 aromatic carbocycles. The number of Topliss-reactive ketones (excluding diaryl/α,β-unsaturated/α-hetero) is 1. The number of carbonyl (C=O) groups excluding carboxylic acids is 1. The molecule has 12 heteroatoms. The third kappa shape index (κ3) is 6.64. The monoisotopic (exact) mass is 283 g/mol. The van der Waals surface area contributed by atoms with E-state index in [2.05, 4.69) is 14.5 Å². The zero-order valence-electron chi connectivity index (χ0n) is 8.82. The van der Waals surface area contributed by atoms with Crippen molar-refractivity contribution in [1.82, 2.24) is 0 Å². The van der Waals surface area contributed by atoms with E-state index in [1.54, 1.807) is 0 Å². The Labute approximate surface area is 100 Å². The van der Waals surface area contributed by atoms with E-state index in [1.807, 2.05) is 0 Å². The fraction of sp³-hybridized carbons (Fsp3) is 0.833. The molecule has 0 spiro atoms. The topological polar surface area (TPSA) is 199 Å². The van der Waals surface area contributed by atoms with Crippen molar-refractivity contribution in [3.8, 4) is 0 Å². The average molecular weight is 283 g/mol. The molecule has 0 aromatic heterocycles. The zero-order chi connectivity index (χ0) is 14.3. The first-order chi connectivity index (χ1) is 8.19. The van der Waals surface area contributed by atoms with Gasteiger partial charge in [0.25, 0.3) is 0 Å². The highest BCUT2D eigenvalue weighted by atomic mass is 31.2. The minimum Gasteiger partial charge on any atom is -0.790 e. The molecule has 11 nitrogen and oxygen atoms in total. The summed E-state index contributed by atoms with van der Waals surface area (Å²) in [6, 6.07) is 0. The van der Waals surface area contributed by atoms with Crippen molar-refractivity contribution >= 4 is 13.6 Å². The maximum absolute atomic E-state index is 11.1. The summed E-state index contributed by atoms with van der Waals surface area (Å²) in [4.78, 5) is 33.4. The third-order valence-corrected chi connectivity index (χ3v) is 2.19. The number of aliphatic hydroxyl groups excluding tert-OH is 3. The Hall–Kier alpha value is -1.03.